The molecule has 0 aliphatic heterocycles. The molecule has 4 heteroatoms. The van der Waals surface area contributed by atoms with Crippen LogP contribution in [0.5, 0.6) is 0 Å². The number of nitrogens with zero attached hydrogens (tertiary/aromatic N) is 3. The van der Waals surface area contributed by atoms with E-state index in [1.165, 1.54) is 0 Å². The first kappa shape index (κ1) is 11.2. The van der Waals surface area contributed by atoms with E-state index in [2.05, 4.69) is 16.5 Å². The topological polar surface area (TPSA) is 53.6 Å². The van der Waals surface area contributed by atoms with Crippen molar-refractivity contribution in [3.05, 3.63) is 18.0 Å². The number of nitriles is 1. The molecule has 0 amide bonds. The molecule has 1 fully saturated rings. The Kier molecular flexibility index (Phi) is 2.97. The number of hydrogen-bond donors (Lipinski definition) is 1. The van der Waals surface area contributed by atoms with Gasteiger partial charge in [-0.15, -0.1) is 0 Å². The Morgan fingerprint density at radius 3 is 2.88 bits per heavy atom. The Morgan fingerprint density at radius 2 is 2.44 bits per heavy atom. The summed E-state index contributed by atoms with van der Waals surface area (Å²) < 4.78 is 1.87. The predicted octanol–water partition coefficient (Wildman–Crippen LogP) is 1.47. The van der Waals surface area contributed by atoms with Crippen molar-refractivity contribution in [2.75, 3.05) is 6.54 Å². The SMILES string of the molecule is CCNC(C#N)(Cn1ccc(C)n1)C1CC1. The molecule has 0 bridgehead atoms. The molecular formula is C12H18N4. The maximum absolute atomic E-state index is 9.43. The smallest absolute Gasteiger partial charge is 0.129 e. The van der Waals surface area contributed by atoms with E-state index in [9.17, 15) is 5.26 Å². The molecule has 1 atom stereocenters. The number of aryl methyl sites for hydroxylation is 1. The third-order valence-corrected chi connectivity index (χ3v) is 3.15. The first-order chi connectivity index (χ1) is 7.70. The molecule has 1 heterocycles. The average Bonchev–Trinajstić information content (AvgIpc) is 3.04. The third-order valence-electron chi connectivity index (χ3n) is 3.15. The Balaban J connectivity index is 2.16. The highest BCUT2D eigenvalue weighted by molar-refractivity contribution is 5.15. The molecule has 0 saturated heterocycles. The van der Waals surface area contributed by atoms with Crippen molar-refractivity contribution in [1.82, 2.24) is 15.1 Å². The Bertz CT molecular complexity index is 399. The highest BCUT2D eigenvalue weighted by Gasteiger charge is 2.45. The minimum atomic E-state index is -0.423. The maximum atomic E-state index is 9.43. The molecular weight excluding hydrogens is 200 g/mol. The fraction of sp³-hybridized carbons (Fsp3) is 0.667. The monoisotopic (exact) mass is 218 g/mol. The van der Waals surface area contributed by atoms with Gasteiger partial charge in [0.2, 0.25) is 0 Å². The number of hydrogen-bond acceptors (Lipinski definition) is 3. The fourth-order valence-corrected chi connectivity index (χ4v) is 2.19. The van der Waals surface area contributed by atoms with E-state index in [1.807, 2.05) is 30.8 Å². The summed E-state index contributed by atoms with van der Waals surface area (Å²) in [6, 6.07) is 4.44. The largest absolute Gasteiger partial charge is 0.298 e. The number of likely N-dealkylation sites (N-methyl/N-ethyl adjacent to an activating group) is 1. The van der Waals surface area contributed by atoms with E-state index in [0.29, 0.717) is 12.5 Å². The molecule has 1 N–H and O–H groups in total. The highest BCUT2D eigenvalue weighted by atomic mass is 15.3. The van der Waals surface area contributed by atoms with E-state index in [4.69, 9.17) is 0 Å². The standard InChI is InChI=1S/C12H18N4/c1-3-14-12(8-13,11-4-5-11)9-16-7-6-10(2)15-16/h6-7,11,14H,3-5,9H2,1-2H3. The van der Waals surface area contributed by atoms with Crippen LogP contribution in [-0.4, -0.2) is 21.9 Å². The van der Waals surface area contributed by atoms with Crippen molar-refractivity contribution in [3.8, 4) is 6.07 Å². The van der Waals surface area contributed by atoms with Gasteiger partial charge in [-0.1, -0.05) is 6.92 Å². The van der Waals surface area contributed by atoms with Crippen molar-refractivity contribution in [2.45, 2.75) is 38.8 Å². The van der Waals surface area contributed by atoms with Gasteiger partial charge < -0.3 is 0 Å². The molecule has 1 aromatic heterocycles. The van der Waals surface area contributed by atoms with Gasteiger partial charge in [-0.2, -0.15) is 10.4 Å². The van der Waals surface area contributed by atoms with E-state index in [0.717, 1.165) is 25.1 Å². The number of aromatic nitrogens is 2. The van der Waals surface area contributed by atoms with Crippen LogP contribution in [0.15, 0.2) is 12.3 Å². The fourth-order valence-electron chi connectivity index (χ4n) is 2.19. The second kappa shape index (κ2) is 4.26. The van der Waals surface area contributed by atoms with Gasteiger partial charge in [0.05, 0.1) is 18.3 Å². The lowest BCUT2D eigenvalue weighted by Gasteiger charge is -2.27. The second-order valence-corrected chi connectivity index (χ2v) is 4.54. The molecule has 1 saturated carbocycles. The van der Waals surface area contributed by atoms with E-state index >= 15 is 0 Å². The summed E-state index contributed by atoms with van der Waals surface area (Å²) in [6.07, 6.45) is 4.25. The summed E-state index contributed by atoms with van der Waals surface area (Å²) in [5.74, 6) is 0.488. The molecule has 2 rings (SSSR count). The molecule has 0 radical (unpaired) electrons. The van der Waals surface area contributed by atoms with Crippen molar-refractivity contribution in [1.29, 1.82) is 5.26 Å². The van der Waals surface area contributed by atoms with Gasteiger partial charge >= 0.3 is 0 Å². The lowest BCUT2D eigenvalue weighted by Crippen LogP contribution is -2.49. The number of rotatable bonds is 5. The van der Waals surface area contributed by atoms with Crippen molar-refractivity contribution in [3.63, 3.8) is 0 Å². The Morgan fingerprint density at radius 1 is 1.69 bits per heavy atom. The zero-order valence-electron chi connectivity index (χ0n) is 9.90. The van der Waals surface area contributed by atoms with Gasteiger partial charge in [-0.05, 0) is 38.3 Å². The van der Waals surface area contributed by atoms with Crippen molar-refractivity contribution < 1.29 is 0 Å². The molecule has 86 valence electrons. The van der Waals surface area contributed by atoms with Crippen molar-refractivity contribution in [2.24, 2.45) is 5.92 Å². The van der Waals surface area contributed by atoms with E-state index < -0.39 is 5.54 Å². The third kappa shape index (κ3) is 2.10. The number of nitrogens with one attached hydrogen (secondary N) is 1. The van der Waals surface area contributed by atoms with Gasteiger partial charge in [-0.25, -0.2) is 0 Å². The zero-order chi connectivity index (χ0) is 11.6. The summed E-state index contributed by atoms with van der Waals surface area (Å²) in [4.78, 5) is 0. The lowest BCUT2D eigenvalue weighted by molar-refractivity contribution is 0.311. The van der Waals surface area contributed by atoms with Gasteiger partial charge in [0.1, 0.15) is 5.54 Å². The minimum Gasteiger partial charge on any atom is -0.298 e. The van der Waals surface area contributed by atoms with Crippen LogP contribution in [0, 0.1) is 24.2 Å². The second-order valence-electron chi connectivity index (χ2n) is 4.54. The summed E-state index contributed by atoms with van der Waals surface area (Å²) in [7, 11) is 0. The van der Waals surface area contributed by atoms with Crippen LogP contribution in [0.2, 0.25) is 0 Å². The Hall–Kier alpha value is -1.34. The lowest BCUT2D eigenvalue weighted by atomic mass is 9.95. The van der Waals surface area contributed by atoms with Crippen LogP contribution in [0.25, 0.3) is 0 Å². The molecule has 1 aliphatic rings. The summed E-state index contributed by atoms with van der Waals surface area (Å²) >= 11 is 0. The molecule has 1 aliphatic carbocycles. The predicted molar refractivity (Wildman–Crippen MR) is 61.7 cm³/mol. The van der Waals surface area contributed by atoms with Gasteiger partial charge in [0.25, 0.3) is 0 Å². The quantitative estimate of drug-likeness (QED) is 0.814. The van der Waals surface area contributed by atoms with Crippen LogP contribution >= 0.6 is 0 Å². The summed E-state index contributed by atoms with van der Waals surface area (Å²) in [5, 5.41) is 17.1. The first-order valence-electron chi connectivity index (χ1n) is 5.86. The first-order valence-corrected chi connectivity index (χ1v) is 5.86. The normalized spacial score (nSPS) is 19.1. The van der Waals surface area contributed by atoms with E-state index in [-0.39, 0.29) is 0 Å². The molecule has 4 nitrogen and oxygen atoms in total. The minimum absolute atomic E-state index is 0.423. The van der Waals surface area contributed by atoms with Gasteiger partial charge in [-0.3, -0.25) is 10.00 Å². The van der Waals surface area contributed by atoms with Crippen LogP contribution in [0.3, 0.4) is 0 Å². The van der Waals surface area contributed by atoms with Gasteiger partial charge in [0.15, 0.2) is 0 Å². The maximum Gasteiger partial charge on any atom is 0.129 e. The van der Waals surface area contributed by atoms with Crippen LogP contribution < -0.4 is 5.32 Å². The molecule has 1 unspecified atom stereocenters. The van der Waals surface area contributed by atoms with Crippen LogP contribution in [-0.2, 0) is 6.54 Å². The highest BCUT2D eigenvalue weighted by Crippen LogP contribution is 2.40. The van der Waals surface area contributed by atoms with Gasteiger partial charge in [0, 0.05) is 6.20 Å². The molecule has 16 heavy (non-hydrogen) atoms. The van der Waals surface area contributed by atoms with Crippen LogP contribution in [0.1, 0.15) is 25.5 Å². The van der Waals surface area contributed by atoms with Crippen molar-refractivity contribution >= 4 is 0 Å². The average molecular weight is 218 g/mol. The Labute approximate surface area is 96.3 Å². The van der Waals surface area contributed by atoms with E-state index in [1.54, 1.807) is 0 Å². The van der Waals surface area contributed by atoms with Crippen LogP contribution in [0.4, 0.5) is 0 Å². The summed E-state index contributed by atoms with van der Waals surface area (Å²) in [5.41, 5.74) is 0.576. The zero-order valence-corrected chi connectivity index (χ0v) is 9.90. The summed E-state index contributed by atoms with van der Waals surface area (Å²) in [6.45, 7) is 5.48. The molecule has 1 aromatic rings. The molecule has 0 spiro atoms. The molecule has 0 aromatic carbocycles.